The van der Waals surface area contributed by atoms with Gasteiger partial charge in [0.2, 0.25) is 5.91 Å². The zero-order valence-electron chi connectivity index (χ0n) is 15.0. The van der Waals surface area contributed by atoms with Crippen molar-refractivity contribution < 1.29 is 4.79 Å². The minimum atomic E-state index is -0.494. The molecule has 1 atom stereocenters. The molecule has 0 unspecified atom stereocenters. The van der Waals surface area contributed by atoms with Crippen LogP contribution in [0, 0.1) is 5.92 Å². The third-order valence-electron chi connectivity index (χ3n) is 4.07. The van der Waals surface area contributed by atoms with Crippen molar-refractivity contribution in [3.8, 4) is 0 Å². The zero-order valence-corrected chi connectivity index (χ0v) is 15.8. The molecule has 3 rings (SSSR count). The van der Waals surface area contributed by atoms with Crippen LogP contribution in [0.3, 0.4) is 0 Å². The Morgan fingerprint density at radius 3 is 2.69 bits per heavy atom. The van der Waals surface area contributed by atoms with E-state index in [4.69, 9.17) is 5.73 Å². The Labute approximate surface area is 157 Å². The van der Waals surface area contributed by atoms with Gasteiger partial charge in [0.25, 0.3) is 0 Å². The van der Waals surface area contributed by atoms with E-state index in [1.165, 1.54) is 0 Å². The molecule has 0 saturated carbocycles. The molecule has 0 spiro atoms. The van der Waals surface area contributed by atoms with Crippen molar-refractivity contribution >= 4 is 34.4 Å². The summed E-state index contributed by atoms with van der Waals surface area (Å²) >= 11 is 1.61. The Morgan fingerprint density at radius 1 is 1.19 bits per heavy atom. The molecule has 136 valence electrons. The lowest BCUT2D eigenvalue weighted by atomic mass is 10.0. The van der Waals surface area contributed by atoms with Crippen molar-refractivity contribution in [3.63, 3.8) is 0 Å². The Hall–Kier alpha value is -2.31. The number of nitrogens with zero attached hydrogens (tertiary/aromatic N) is 1. The molecule has 6 heteroatoms. The summed E-state index contributed by atoms with van der Waals surface area (Å²) < 4.78 is 0. The number of anilines is 1. The second kappa shape index (κ2) is 8.38. The van der Waals surface area contributed by atoms with Crippen LogP contribution in [-0.4, -0.2) is 21.9 Å². The monoisotopic (exact) mass is 368 g/mol. The number of amides is 1. The molecule has 0 aliphatic carbocycles. The number of nitrogens with two attached hydrogens (primary N) is 1. The summed E-state index contributed by atoms with van der Waals surface area (Å²) in [6.45, 7) is 4.12. The quantitative estimate of drug-likeness (QED) is 0.547. The summed E-state index contributed by atoms with van der Waals surface area (Å²) in [4.78, 5) is 20.2. The van der Waals surface area contributed by atoms with Crippen molar-refractivity contribution in [3.05, 3.63) is 54.1 Å². The topological polar surface area (TPSA) is 83.8 Å². The fraction of sp³-hybridized carbons (Fsp3) is 0.300. The van der Waals surface area contributed by atoms with E-state index in [9.17, 15) is 4.79 Å². The van der Waals surface area contributed by atoms with Gasteiger partial charge in [-0.25, -0.2) is 4.98 Å². The Morgan fingerprint density at radius 2 is 1.92 bits per heavy atom. The van der Waals surface area contributed by atoms with Gasteiger partial charge in [0.05, 0.1) is 17.1 Å². The smallest absolute Gasteiger partial charge is 0.241 e. The van der Waals surface area contributed by atoms with E-state index in [0.717, 1.165) is 27.4 Å². The van der Waals surface area contributed by atoms with Crippen LogP contribution >= 0.6 is 11.8 Å². The number of imidazole rings is 1. The Kier molecular flexibility index (Phi) is 5.96. The maximum absolute atomic E-state index is 12.3. The van der Waals surface area contributed by atoms with Crippen LogP contribution < -0.4 is 11.1 Å². The minimum absolute atomic E-state index is 0.139. The number of carbonyl (C=O) groups is 1. The van der Waals surface area contributed by atoms with Gasteiger partial charge in [0, 0.05) is 11.4 Å². The van der Waals surface area contributed by atoms with Gasteiger partial charge in [-0.05, 0) is 36.1 Å². The van der Waals surface area contributed by atoms with Crippen molar-refractivity contribution in [2.24, 2.45) is 11.7 Å². The van der Waals surface area contributed by atoms with Gasteiger partial charge in [-0.3, -0.25) is 4.79 Å². The lowest BCUT2D eigenvalue weighted by molar-refractivity contribution is -0.117. The maximum Gasteiger partial charge on any atom is 0.241 e. The molecule has 1 aromatic heterocycles. The second-order valence-corrected chi connectivity index (χ2v) is 7.69. The number of hydrogen-bond donors (Lipinski definition) is 3. The third kappa shape index (κ3) is 4.65. The van der Waals surface area contributed by atoms with Crippen LogP contribution in [0.5, 0.6) is 0 Å². The molecule has 0 aliphatic rings. The standard InChI is InChI=1S/C20H24N4OS/c1-13(2)11-15(21)19(25)22-16-8-4-3-7-14(16)12-26-20-23-17-9-5-6-10-18(17)24-20/h3-10,13,15H,11-12,21H2,1-2H3,(H,22,25)(H,23,24)/t15-/m1/s1. The van der Waals surface area contributed by atoms with E-state index in [1.807, 2.05) is 48.5 Å². The summed E-state index contributed by atoms with van der Waals surface area (Å²) in [6.07, 6.45) is 0.668. The molecule has 0 fully saturated rings. The van der Waals surface area contributed by atoms with Gasteiger partial charge in [-0.15, -0.1) is 0 Å². The van der Waals surface area contributed by atoms with E-state index in [-0.39, 0.29) is 5.91 Å². The molecule has 4 N–H and O–H groups in total. The van der Waals surface area contributed by atoms with Crippen molar-refractivity contribution in [1.29, 1.82) is 0 Å². The summed E-state index contributed by atoms with van der Waals surface area (Å²) in [7, 11) is 0. The fourth-order valence-electron chi connectivity index (χ4n) is 2.75. The number of H-pyrrole nitrogens is 1. The predicted molar refractivity (Wildman–Crippen MR) is 108 cm³/mol. The van der Waals surface area contributed by atoms with Crippen molar-refractivity contribution in [1.82, 2.24) is 9.97 Å². The average molecular weight is 369 g/mol. The number of aromatic nitrogens is 2. The van der Waals surface area contributed by atoms with E-state index >= 15 is 0 Å². The Bertz CT molecular complexity index is 857. The van der Waals surface area contributed by atoms with E-state index < -0.39 is 6.04 Å². The molecule has 26 heavy (non-hydrogen) atoms. The van der Waals surface area contributed by atoms with Crippen LogP contribution in [0.1, 0.15) is 25.8 Å². The molecule has 0 saturated heterocycles. The first-order chi connectivity index (χ1) is 12.5. The van der Waals surface area contributed by atoms with E-state index in [0.29, 0.717) is 18.1 Å². The minimum Gasteiger partial charge on any atom is -0.333 e. The number of aromatic amines is 1. The van der Waals surface area contributed by atoms with Gasteiger partial charge in [-0.2, -0.15) is 0 Å². The number of nitrogens with one attached hydrogen (secondary N) is 2. The highest BCUT2D eigenvalue weighted by molar-refractivity contribution is 7.98. The lowest BCUT2D eigenvalue weighted by Crippen LogP contribution is -2.36. The summed E-state index contributed by atoms with van der Waals surface area (Å²) in [5.74, 6) is 0.949. The van der Waals surface area contributed by atoms with Gasteiger partial charge in [0.1, 0.15) is 0 Å². The first kappa shape index (κ1) is 18.5. The van der Waals surface area contributed by atoms with Crippen LogP contribution in [0.25, 0.3) is 11.0 Å². The molecule has 3 aromatic rings. The predicted octanol–water partition coefficient (Wildman–Crippen LogP) is 4.17. The highest BCUT2D eigenvalue weighted by Crippen LogP contribution is 2.26. The van der Waals surface area contributed by atoms with Crippen LogP contribution in [-0.2, 0) is 10.5 Å². The first-order valence-electron chi connectivity index (χ1n) is 8.75. The molecule has 0 bridgehead atoms. The van der Waals surface area contributed by atoms with E-state index in [1.54, 1.807) is 11.8 Å². The van der Waals surface area contributed by atoms with E-state index in [2.05, 4.69) is 29.1 Å². The number of rotatable bonds is 7. The maximum atomic E-state index is 12.3. The molecular weight excluding hydrogens is 344 g/mol. The number of fused-ring (bicyclic) bond motifs is 1. The number of carbonyl (C=O) groups excluding carboxylic acids is 1. The Balaban J connectivity index is 1.67. The lowest BCUT2D eigenvalue weighted by Gasteiger charge is -2.16. The van der Waals surface area contributed by atoms with Gasteiger partial charge < -0.3 is 16.0 Å². The molecule has 1 heterocycles. The average Bonchev–Trinajstić information content (AvgIpc) is 3.03. The molecule has 0 aliphatic heterocycles. The summed E-state index contributed by atoms with van der Waals surface area (Å²) in [5.41, 5.74) is 9.82. The summed E-state index contributed by atoms with van der Waals surface area (Å²) in [5, 5.41) is 3.84. The molecule has 0 radical (unpaired) electrons. The van der Waals surface area contributed by atoms with Crippen LogP contribution in [0.15, 0.2) is 53.7 Å². The summed E-state index contributed by atoms with van der Waals surface area (Å²) in [6, 6.07) is 15.3. The number of benzene rings is 2. The van der Waals surface area contributed by atoms with Gasteiger partial charge >= 0.3 is 0 Å². The third-order valence-corrected chi connectivity index (χ3v) is 4.99. The number of thioether (sulfide) groups is 1. The van der Waals surface area contributed by atoms with Crippen LogP contribution in [0.4, 0.5) is 5.69 Å². The van der Waals surface area contributed by atoms with Gasteiger partial charge in [-0.1, -0.05) is 55.9 Å². The normalized spacial score (nSPS) is 12.5. The molecule has 1 amide bonds. The second-order valence-electron chi connectivity index (χ2n) is 6.73. The number of hydrogen-bond acceptors (Lipinski definition) is 4. The molecule has 5 nitrogen and oxygen atoms in total. The fourth-order valence-corrected chi connectivity index (χ4v) is 3.64. The highest BCUT2D eigenvalue weighted by atomic mass is 32.2. The number of para-hydroxylation sites is 3. The van der Waals surface area contributed by atoms with Crippen molar-refractivity contribution in [2.45, 2.75) is 37.2 Å². The highest BCUT2D eigenvalue weighted by Gasteiger charge is 2.16. The molecular formula is C20H24N4OS. The van der Waals surface area contributed by atoms with Crippen molar-refractivity contribution in [2.75, 3.05) is 5.32 Å². The first-order valence-corrected chi connectivity index (χ1v) is 9.73. The van der Waals surface area contributed by atoms with Crippen LogP contribution in [0.2, 0.25) is 0 Å². The largest absolute Gasteiger partial charge is 0.333 e. The SMILES string of the molecule is CC(C)C[C@@H](N)C(=O)Nc1ccccc1CSc1nc2ccccc2[nH]1. The zero-order chi connectivity index (χ0) is 18.5. The molecule has 2 aromatic carbocycles. The van der Waals surface area contributed by atoms with Gasteiger partial charge in [0.15, 0.2) is 5.16 Å².